The van der Waals surface area contributed by atoms with E-state index in [2.05, 4.69) is 36.5 Å². The topological polar surface area (TPSA) is 84.9 Å². The van der Waals surface area contributed by atoms with Crippen LogP contribution in [-0.4, -0.2) is 64.3 Å². The van der Waals surface area contributed by atoms with Gasteiger partial charge in [0.25, 0.3) is 0 Å². The number of morpholine rings is 1. The highest BCUT2D eigenvalue weighted by Gasteiger charge is 2.27. The van der Waals surface area contributed by atoms with Crippen molar-refractivity contribution in [1.29, 1.82) is 0 Å². The van der Waals surface area contributed by atoms with Gasteiger partial charge < -0.3 is 14.8 Å². The molecule has 0 aromatic heterocycles. The highest BCUT2D eigenvalue weighted by Crippen LogP contribution is 2.26. The van der Waals surface area contributed by atoms with Crippen LogP contribution in [0.4, 0.5) is 0 Å². The standard InChI is InChI=1S/C24H32N2O5S2/c1-19-3-5-20(6-4-19)18-32-16-11-25-24(27)10-7-21-17-22(8-9-23(21)30-2)33(28,29)26-12-14-31-15-13-26/h3-6,8-9,17H,7,10-16,18H2,1-2H3,(H,25,27). The fraction of sp³-hybridized carbons (Fsp3) is 0.458. The molecule has 3 rings (SSSR count). The average Bonchev–Trinajstić information content (AvgIpc) is 2.84. The third-order valence-corrected chi connectivity index (χ3v) is 8.36. The Hall–Kier alpha value is -2.07. The van der Waals surface area contributed by atoms with E-state index >= 15 is 0 Å². The number of amides is 1. The summed E-state index contributed by atoms with van der Waals surface area (Å²) in [6.45, 7) is 4.14. The number of carbonyl (C=O) groups is 1. The van der Waals surface area contributed by atoms with E-state index in [-0.39, 0.29) is 17.2 Å². The summed E-state index contributed by atoms with van der Waals surface area (Å²) in [7, 11) is -2.06. The molecule has 2 aromatic rings. The summed E-state index contributed by atoms with van der Waals surface area (Å²) < 4.78 is 38.0. The Labute approximate surface area is 200 Å². The van der Waals surface area contributed by atoms with Crippen LogP contribution in [0.5, 0.6) is 5.75 Å². The van der Waals surface area contributed by atoms with E-state index in [9.17, 15) is 13.2 Å². The maximum Gasteiger partial charge on any atom is 0.243 e. The lowest BCUT2D eigenvalue weighted by molar-refractivity contribution is -0.120. The van der Waals surface area contributed by atoms with Gasteiger partial charge in [-0.25, -0.2) is 8.42 Å². The molecule has 0 saturated carbocycles. The lowest BCUT2D eigenvalue weighted by Gasteiger charge is -2.26. The van der Waals surface area contributed by atoms with E-state index in [0.717, 1.165) is 11.5 Å². The van der Waals surface area contributed by atoms with Crippen molar-refractivity contribution in [3.63, 3.8) is 0 Å². The first-order chi connectivity index (χ1) is 15.9. The highest BCUT2D eigenvalue weighted by atomic mass is 32.2. The van der Waals surface area contributed by atoms with Gasteiger partial charge in [-0.1, -0.05) is 29.8 Å². The molecule has 7 nitrogen and oxygen atoms in total. The molecular formula is C24H32N2O5S2. The van der Waals surface area contributed by atoms with Crippen molar-refractivity contribution in [2.75, 3.05) is 45.7 Å². The summed E-state index contributed by atoms with van der Waals surface area (Å²) in [5.74, 6) is 2.26. The molecule has 1 aliphatic rings. The molecule has 33 heavy (non-hydrogen) atoms. The van der Waals surface area contributed by atoms with Crippen molar-refractivity contribution < 1.29 is 22.7 Å². The lowest BCUT2D eigenvalue weighted by Crippen LogP contribution is -2.40. The maximum absolute atomic E-state index is 12.9. The molecule has 2 aromatic carbocycles. The van der Waals surface area contributed by atoms with Crippen LogP contribution in [0.25, 0.3) is 0 Å². The summed E-state index contributed by atoms with van der Waals surface area (Å²) in [6, 6.07) is 13.3. The van der Waals surface area contributed by atoms with Crippen LogP contribution in [0, 0.1) is 6.92 Å². The molecule has 1 amide bonds. The van der Waals surface area contributed by atoms with E-state index in [1.807, 2.05) is 0 Å². The van der Waals surface area contributed by atoms with Gasteiger partial charge in [0.2, 0.25) is 15.9 Å². The van der Waals surface area contributed by atoms with Crippen LogP contribution in [0.1, 0.15) is 23.1 Å². The van der Waals surface area contributed by atoms with Gasteiger partial charge in [-0.05, 0) is 42.7 Å². The largest absolute Gasteiger partial charge is 0.496 e. The van der Waals surface area contributed by atoms with Crippen LogP contribution in [0.15, 0.2) is 47.4 Å². The van der Waals surface area contributed by atoms with E-state index in [1.165, 1.54) is 15.4 Å². The molecule has 1 heterocycles. The van der Waals surface area contributed by atoms with Gasteiger partial charge in [0.15, 0.2) is 0 Å². The summed E-state index contributed by atoms with van der Waals surface area (Å²) in [5, 5.41) is 2.94. The number of ether oxygens (including phenoxy) is 2. The molecule has 1 fully saturated rings. The number of methoxy groups -OCH3 is 1. The van der Waals surface area contributed by atoms with Gasteiger partial charge in [-0.3, -0.25) is 4.79 Å². The number of benzene rings is 2. The molecule has 0 unspecified atom stereocenters. The summed E-state index contributed by atoms with van der Waals surface area (Å²) in [4.78, 5) is 12.5. The highest BCUT2D eigenvalue weighted by molar-refractivity contribution is 7.98. The number of nitrogens with one attached hydrogen (secondary N) is 1. The van der Waals surface area contributed by atoms with E-state index in [0.29, 0.717) is 50.6 Å². The second kappa shape index (κ2) is 12.4. The van der Waals surface area contributed by atoms with Crippen molar-refractivity contribution >= 4 is 27.7 Å². The predicted octanol–water partition coefficient (Wildman–Crippen LogP) is 3.01. The molecule has 1 aliphatic heterocycles. The molecule has 0 bridgehead atoms. The zero-order valence-corrected chi connectivity index (χ0v) is 20.8. The number of hydrogen-bond acceptors (Lipinski definition) is 6. The van der Waals surface area contributed by atoms with Gasteiger partial charge in [0.1, 0.15) is 5.75 Å². The fourth-order valence-corrected chi connectivity index (χ4v) is 5.80. The third kappa shape index (κ3) is 7.46. The minimum atomic E-state index is -3.60. The summed E-state index contributed by atoms with van der Waals surface area (Å²) in [5.41, 5.74) is 3.23. The van der Waals surface area contributed by atoms with Gasteiger partial charge in [0.05, 0.1) is 25.2 Å². The maximum atomic E-state index is 12.9. The fourth-order valence-electron chi connectivity index (χ4n) is 3.52. The van der Waals surface area contributed by atoms with Crippen molar-refractivity contribution in [2.24, 2.45) is 0 Å². The molecule has 1 saturated heterocycles. The average molecular weight is 493 g/mol. The molecular weight excluding hydrogens is 460 g/mol. The van der Waals surface area contributed by atoms with Gasteiger partial charge in [0, 0.05) is 37.6 Å². The summed E-state index contributed by atoms with van der Waals surface area (Å²) in [6.07, 6.45) is 0.665. The van der Waals surface area contributed by atoms with Gasteiger partial charge in [-0.2, -0.15) is 16.1 Å². The SMILES string of the molecule is COc1ccc(S(=O)(=O)N2CCOCC2)cc1CCC(=O)NCCSCc1ccc(C)cc1. The van der Waals surface area contributed by atoms with Crippen LogP contribution in [-0.2, 0) is 31.7 Å². The number of rotatable bonds is 11. The Morgan fingerprint density at radius 3 is 2.58 bits per heavy atom. The Morgan fingerprint density at radius 2 is 1.88 bits per heavy atom. The van der Waals surface area contributed by atoms with Crippen molar-refractivity contribution in [3.8, 4) is 5.75 Å². The summed E-state index contributed by atoms with van der Waals surface area (Å²) >= 11 is 1.78. The molecule has 0 atom stereocenters. The number of sulfonamides is 1. The quantitative estimate of drug-likeness (QED) is 0.486. The Morgan fingerprint density at radius 1 is 1.15 bits per heavy atom. The number of carbonyl (C=O) groups excluding carboxylic acids is 1. The monoisotopic (exact) mass is 492 g/mol. The zero-order valence-electron chi connectivity index (χ0n) is 19.2. The Balaban J connectivity index is 1.48. The van der Waals surface area contributed by atoms with Gasteiger partial charge >= 0.3 is 0 Å². The lowest BCUT2D eigenvalue weighted by atomic mass is 10.1. The van der Waals surface area contributed by atoms with Crippen LogP contribution in [0.3, 0.4) is 0 Å². The number of hydrogen-bond donors (Lipinski definition) is 1. The van der Waals surface area contributed by atoms with Crippen molar-refractivity contribution in [3.05, 3.63) is 59.2 Å². The van der Waals surface area contributed by atoms with E-state index in [4.69, 9.17) is 9.47 Å². The minimum absolute atomic E-state index is 0.0607. The number of nitrogens with zero attached hydrogens (tertiary/aromatic N) is 1. The molecule has 0 radical (unpaired) electrons. The minimum Gasteiger partial charge on any atom is -0.496 e. The Bertz CT molecular complexity index is 1020. The first kappa shape index (κ1) is 25.6. The number of thioether (sulfide) groups is 1. The van der Waals surface area contributed by atoms with Crippen molar-refractivity contribution in [2.45, 2.75) is 30.4 Å². The smallest absolute Gasteiger partial charge is 0.243 e. The molecule has 9 heteroatoms. The first-order valence-electron chi connectivity index (χ1n) is 11.0. The normalized spacial score (nSPS) is 14.7. The second-order valence-corrected chi connectivity index (χ2v) is 10.9. The number of aryl methyl sites for hydroxylation is 2. The zero-order chi connectivity index (χ0) is 23.7. The van der Waals surface area contributed by atoms with Crippen LogP contribution in [0.2, 0.25) is 0 Å². The molecule has 0 spiro atoms. The Kier molecular flexibility index (Phi) is 9.61. The van der Waals surface area contributed by atoms with E-state index < -0.39 is 10.0 Å². The predicted molar refractivity (Wildman–Crippen MR) is 131 cm³/mol. The molecule has 0 aliphatic carbocycles. The van der Waals surface area contributed by atoms with E-state index in [1.54, 1.807) is 37.1 Å². The van der Waals surface area contributed by atoms with Gasteiger partial charge in [-0.15, -0.1) is 0 Å². The third-order valence-electron chi connectivity index (χ3n) is 5.44. The second-order valence-electron chi connectivity index (χ2n) is 7.88. The van der Waals surface area contributed by atoms with Crippen LogP contribution < -0.4 is 10.1 Å². The first-order valence-corrected chi connectivity index (χ1v) is 13.6. The molecule has 1 N–H and O–H groups in total. The molecule has 180 valence electrons. The van der Waals surface area contributed by atoms with Crippen molar-refractivity contribution in [1.82, 2.24) is 9.62 Å². The van der Waals surface area contributed by atoms with Crippen LogP contribution >= 0.6 is 11.8 Å².